The normalized spacial score (nSPS) is 8.73. The van der Waals surface area contributed by atoms with Crippen LogP contribution in [0.25, 0.3) is 0 Å². The Morgan fingerprint density at radius 1 is 1.73 bits per heavy atom. The van der Waals surface area contributed by atoms with Gasteiger partial charge in [0.2, 0.25) is 0 Å². The topological polar surface area (TPSA) is 9.23 Å². The van der Waals surface area contributed by atoms with E-state index in [1.165, 1.54) is 0 Å². The van der Waals surface area contributed by atoms with E-state index in [0.717, 1.165) is 5.56 Å². The van der Waals surface area contributed by atoms with Crippen molar-refractivity contribution < 1.29 is 4.74 Å². The minimum atomic E-state index is 0.306. The summed E-state index contributed by atoms with van der Waals surface area (Å²) in [7, 11) is 0. The van der Waals surface area contributed by atoms with Gasteiger partial charge in [-0.1, -0.05) is 18.1 Å². The van der Waals surface area contributed by atoms with Crippen LogP contribution in [-0.2, 0) is 0 Å². The van der Waals surface area contributed by atoms with Gasteiger partial charge in [-0.15, -0.1) is 6.42 Å². The van der Waals surface area contributed by atoms with E-state index >= 15 is 0 Å². The molecule has 0 aromatic heterocycles. The zero-order valence-electron chi connectivity index (χ0n) is 6.42. The minimum Gasteiger partial charge on any atom is -0.480 e. The number of benzene rings is 1. The third-order valence-corrected chi connectivity index (χ3v) is 1.24. The van der Waals surface area contributed by atoms with Gasteiger partial charge in [-0.3, -0.25) is 0 Å². The average Bonchev–Trinajstić information content (AvgIpc) is 2.01. The van der Waals surface area contributed by atoms with Gasteiger partial charge in [0.05, 0.1) is 0 Å². The SMILES string of the molecule is C#CCOc1[c]ccc(C)c1. The largest absolute Gasteiger partial charge is 0.480 e. The molecule has 0 amide bonds. The van der Waals surface area contributed by atoms with Gasteiger partial charge < -0.3 is 4.74 Å². The fourth-order valence-electron chi connectivity index (χ4n) is 0.755. The Bertz CT molecular complexity index is 270. The highest BCUT2D eigenvalue weighted by molar-refractivity contribution is 5.26. The molecular formula is C10H9O. The van der Waals surface area contributed by atoms with Gasteiger partial charge >= 0.3 is 0 Å². The summed E-state index contributed by atoms with van der Waals surface area (Å²) in [5.74, 6) is 3.10. The molecule has 1 rings (SSSR count). The highest BCUT2D eigenvalue weighted by atomic mass is 16.5. The number of terminal acetylenes is 1. The zero-order valence-corrected chi connectivity index (χ0v) is 6.42. The second-order valence-electron chi connectivity index (χ2n) is 2.22. The van der Waals surface area contributed by atoms with Crippen molar-refractivity contribution >= 4 is 0 Å². The van der Waals surface area contributed by atoms with Crippen LogP contribution in [0.3, 0.4) is 0 Å². The summed E-state index contributed by atoms with van der Waals surface area (Å²) in [6.07, 6.45) is 5.03. The molecule has 1 heteroatoms. The fourth-order valence-corrected chi connectivity index (χ4v) is 0.755. The molecule has 11 heavy (non-hydrogen) atoms. The van der Waals surface area contributed by atoms with Crippen LogP contribution in [-0.4, -0.2) is 6.61 Å². The molecule has 0 bridgehead atoms. The fraction of sp³-hybridized carbons (Fsp3) is 0.200. The van der Waals surface area contributed by atoms with Crippen molar-refractivity contribution in [2.45, 2.75) is 6.92 Å². The highest BCUT2D eigenvalue weighted by Crippen LogP contribution is 2.10. The molecule has 1 aromatic rings. The van der Waals surface area contributed by atoms with Crippen LogP contribution < -0.4 is 4.74 Å². The van der Waals surface area contributed by atoms with E-state index in [1.54, 1.807) is 0 Å². The molecule has 0 aliphatic rings. The Morgan fingerprint density at radius 3 is 3.18 bits per heavy atom. The maximum absolute atomic E-state index is 5.14. The Balaban J connectivity index is 2.65. The standard InChI is InChI=1S/C10H9O/c1-3-7-11-10-6-4-5-9(2)8-10/h1,4-5,8H,7H2,2H3. The lowest BCUT2D eigenvalue weighted by molar-refractivity contribution is 0.369. The average molecular weight is 145 g/mol. The molecule has 55 valence electrons. The zero-order chi connectivity index (χ0) is 8.10. The van der Waals surface area contributed by atoms with E-state index in [-0.39, 0.29) is 0 Å². The lowest BCUT2D eigenvalue weighted by Crippen LogP contribution is -1.93. The first-order valence-corrected chi connectivity index (χ1v) is 3.37. The highest BCUT2D eigenvalue weighted by Gasteiger charge is 1.90. The maximum Gasteiger partial charge on any atom is 0.148 e. The van der Waals surface area contributed by atoms with E-state index in [2.05, 4.69) is 12.0 Å². The van der Waals surface area contributed by atoms with Gasteiger partial charge in [0.15, 0.2) is 0 Å². The Labute approximate surface area is 67.0 Å². The summed E-state index contributed by atoms with van der Waals surface area (Å²) in [5.41, 5.74) is 1.15. The lowest BCUT2D eigenvalue weighted by atomic mass is 10.2. The van der Waals surface area contributed by atoms with Crippen molar-refractivity contribution in [1.82, 2.24) is 0 Å². The monoisotopic (exact) mass is 145 g/mol. The predicted molar refractivity (Wildman–Crippen MR) is 44.3 cm³/mol. The lowest BCUT2D eigenvalue weighted by Gasteiger charge is -2.00. The van der Waals surface area contributed by atoms with Gasteiger partial charge in [0.25, 0.3) is 0 Å². The van der Waals surface area contributed by atoms with Crippen molar-refractivity contribution in [2.24, 2.45) is 0 Å². The molecule has 0 atom stereocenters. The van der Waals surface area contributed by atoms with Crippen molar-refractivity contribution in [3.05, 3.63) is 29.8 Å². The smallest absolute Gasteiger partial charge is 0.148 e. The summed E-state index contributed by atoms with van der Waals surface area (Å²) in [6, 6.07) is 8.61. The number of hydrogen-bond donors (Lipinski definition) is 0. The Hall–Kier alpha value is -1.42. The van der Waals surface area contributed by atoms with Gasteiger partial charge in [-0.2, -0.15) is 0 Å². The second-order valence-corrected chi connectivity index (χ2v) is 2.22. The van der Waals surface area contributed by atoms with Crippen molar-refractivity contribution in [3.63, 3.8) is 0 Å². The third-order valence-electron chi connectivity index (χ3n) is 1.24. The molecule has 0 unspecified atom stereocenters. The van der Waals surface area contributed by atoms with Crippen molar-refractivity contribution in [2.75, 3.05) is 6.61 Å². The van der Waals surface area contributed by atoms with Crippen LogP contribution in [0.2, 0.25) is 0 Å². The van der Waals surface area contributed by atoms with E-state index in [9.17, 15) is 0 Å². The predicted octanol–water partition coefficient (Wildman–Crippen LogP) is 1.81. The van der Waals surface area contributed by atoms with Crippen LogP contribution in [0.5, 0.6) is 5.75 Å². The molecule has 1 nitrogen and oxygen atoms in total. The summed E-state index contributed by atoms with van der Waals surface area (Å²) in [4.78, 5) is 0. The van der Waals surface area contributed by atoms with E-state index < -0.39 is 0 Å². The molecule has 1 radical (unpaired) electrons. The molecule has 1 aromatic carbocycles. The van der Waals surface area contributed by atoms with E-state index in [1.807, 2.05) is 25.1 Å². The van der Waals surface area contributed by atoms with Gasteiger partial charge in [-0.25, -0.2) is 0 Å². The molecule has 0 aliphatic heterocycles. The van der Waals surface area contributed by atoms with E-state index in [4.69, 9.17) is 11.2 Å². The van der Waals surface area contributed by atoms with Gasteiger partial charge in [0, 0.05) is 6.07 Å². The second kappa shape index (κ2) is 3.68. The third kappa shape index (κ3) is 2.35. The number of ether oxygens (including phenoxy) is 1. The molecule has 0 heterocycles. The molecular weight excluding hydrogens is 136 g/mol. The van der Waals surface area contributed by atoms with Gasteiger partial charge in [-0.05, 0) is 18.6 Å². The van der Waals surface area contributed by atoms with Crippen LogP contribution in [0, 0.1) is 25.3 Å². The van der Waals surface area contributed by atoms with Crippen LogP contribution in [0.1, 0.15) is 5.56 Å². The number of rotatable bonds is 2. The van der Waals surface area contributed by atoms with Crippen LogP contribution in [0.15, 0.2) is 18.2 Å². The van der Waals surface area contributed by atoms with E-state index in [0.29, 0.717) is 12.4 Å². The molecule has 0 saturated carbocycles. The molecule has 0 saturated heterocycles. The Morgan fingerprint density at radius 2 is 2.55 bits per heavy atom. The summed E-state index contributed by atoms with van der Waals surface area (Å²) < 4.78 is 5.14. The van der Waals surface area contributed by atoms with Crippen LogP contribution >= 0.6 is 0 Å². The molecule has 0 spiro atoms. The van der Waals surface area contributed by atoms with Crippen molar-refractivity contribution in [3.8, 4) is 18.1 Å². The number of hydrogen-bond acceptors (Lipinski definition) is 1. The van der Waals surface area contributed by atoms with Crippen molar-refractivity contribution in [1.29, 1.82) is 0 Å². The number of aryl methyl sites for hydroxylation is 1. The molecule has 0 aliphatic carbocycles. The first kappa shape index (κ1) is 7.68. The summed E-state index contributed by atoms with van der Waals surface area (Å²) in [5, 5.41) is 0. The first-order chi connectivity index (χ1) is 5.33. The van der Waals surface area contributed by atoms with Crippen LogP contribution in [0.4, 0.5) is 0 Å². The minimum absolute atomic E-state index is 0.306. The quantitative estimate of drug-likeness (QED) is 0.577. The molecule has 0 N–H and O–H groups in total. The first-order valence-electron chi connectivity index (χ1n) is 3.37. The summed E-state index contributed by atoms with van der Waals surface area (Å²) in [6.45, 7) is 2.30. The maximum atomic E-state index is 5.14. The summed E-state index contributed by atoms with van der Waals surface area (Å²) >= 11 is 0. The Kier molecular flexibility index (Phi) is 2.57. The molecule has 0 fully saturated rings. The van der Waals surface area contributed by atoms with Gasteiger partial charge in [0.1, 0.15) is 12.4 Å².